The Bertz CT molecular complexity index is 199. The summed E-state index contributed by atoms with van der Waals surface area (Å²) in [6, 6.07) is 0.736. The number of hydrogen-bond donors (Lipinski definition) is 1. The van der Waals surface area contributed by atoms with Crippen molar-refractivity contribution in [3.8, 4) is 0 Å². The van der Waals surface area contributed by atoms with Crippen LogP contribution >= 0.6 is 0 Å². The van der Waals surface area contributed by atoms with E-state index < -0.39 is 0 Å². The molecule has 0 aromatic rings. The molecule has 1 N–H and O–H groups in total. The largest absolute Gasteiger partial charge is 0.378 e. The second-order valence-electron chi connectivity index (χ2n) is 4.72. The molecule has 0 aromatic heterocycles. The van der Waals surface area contributed by atoms with Gasteiger partial charge in [-0.1, -0.05) is 0 Å². The zero-order chi connectivity index (χ0) is 8.73. The standard InChI is InChI=1S/C10H18N2O/c1-2-10(3-1)8-12(5-4-11-10)9-6-13-7-9/h9,11H,1-8H2. The first-order valence-corrected chi connectivity index (χ1v) is 5.45. The maximum Gasteiger partial charge on any atom is 0.0645 e. The SMILES string of the molecule is C1CC2(C1)CN(C1COC1)CCN2. The van der Waals surface area contributed by atoms with Gasteiger partial charge in [-0.3, -0.25) is 4.90 Å². The van der Waals surface area contributed by atoms with Crippen LogP contribution in [0.1, 0.15) is 19.3 Å². The van der Waals surface area contributed by atoms with E-state index in [0.29, 0.717) is 5.54 Å². The van der Waals surface area contributed by atoms with E-state index in [1.54, 1.807) is 0 Å². The van der Waals surface area contributed by atoms with Crippen LogP contribution in [0.2, 0.25) is 0 Å². The monoisotopic (exact) mass is 182 g/mol. The lowest BCUT2D eigenvalue weighted by Crippen LogP contribution is -2.67. The molecule has 1 spiro atoms. The van der Waals surface area contributed by atoms with Gasteiger partial charge in [0.1, 0.15) is 0 Å². The van der Waals surface area contributed by atoms with E-state index in [0.717, 1.165) is 19.3 Å². The van der Waals surface area contributed by atoms with Crippen LogP contribution < -0.4 is 5.32 Å². The van der Waals surface area contributed by atoms with Gasteiger partial charge in [0.2, 0.25) is 0 Å². The molecule has 3 rings (SSSR count). The number of rotatable bonds is 1. The van der Waals surface area contributed by atoms with E-state index in [9.17, 15) is 0 Å². The van der Waals surface area contributed by atoms with Crippen LogP contribution in [0.25, 0.3) is 0 Å². The smallest absolute Gasteiger partial charge is 0.0645 e. The van der Waals surface area contributed by atoms with Crippen molar-refractivity contribution in [3.63, 3.8) is 0 Å². The van der Waals surface area contributed by atoms with Crippen LogP contribution in [-0.2, 0) is 4.74 Å². The van der Waals surface area contributed by atoms with Crippen molar-refractivity contribution in [2.24, 2.45) is 0 Å². The zero-order valence-corrected chi connectivity index (χ0v) is 8.09. The third-order valence-corrected chi connectivity index (χ3v) is 3.85. The van der Waals surface area contributed by atoms with Gasteiger partial charge in [-0.25, -0.2) is 0 Å². The normalized spacial score (nSPS) is 34.2. The van der Waals surface area contributed by atoms with Gasteiger partial charge in [-0.05, 0) is 19.3 Å². The van der Waals surface area contributed by atoms with E-state index in [2.05, 4.69) is 10.2 Å². The van der Waals surface area contributed by atoms with Gasteiger partial charge in [-0.15, -0.1) is 0 Å². The summed E-state index contributed by atoms with van der Waals surface area (Å²) >= 11 is 0. The van der Waals surface area contributed by atoms with Gasteiger partial charge in [0.25, 0.3) is 0 Å². The molecular formula is C10H18N2O. The Morgan fingerprint density at radius 3 is 2.69 bits per heavy atom. The Hall–Kier alpha value is -0.120. The number of ether oxygens (including phenoxy) is 1. The molecule has 3 heteroatoms. The molecule has 2 heterocycles. The summed E-state index contributed by atoms with van der Waals surface area (Å²) in [5, 5.41) is 3.68. The molecule has 1 saturated carbocycles. The molecule has 74 valence electrons. The molecule has 3 fully saturated rings. The summed E-state index contributed by atoms with van der Waals surface area (Å²) in [5.74, 6) is 0. The van der Waals surface area contributed by atoms with Crippen LogP contribution in [0.3, 0.4) is 0 Å². The lowest BCUT2D eigenvalue weighted by Gasteiger charge is -2.52. The minimum atomic E-state index is 0.508. The van der Waals surface area contributed by atoms with E-state index in [-0.39, 0.29) is 0 Å². The van der Waals surface area contributed by atoms with Gasteiger partial charge in [0.05, 0.1) is 19.3 Å². The highest BCUT2D eigenvalue weighted by Gasteiger charge is 2.42. The molecule has 0 atom stereocenters. The van der Waals surface area contributed by atoms with Crippen molar-refractivity contribution in [1.82, 2.24) is 10.2 Å². The first-order chi connectivity index (χ1) is 6.38. The minimum Gasteiger partial charge on any atom is -0.378 e. The van der Waals surface area contributed by atoms with Crippen molar-refractivity contribution in [2.45, 2.75) is 30.8 Å². The van der Waals surface area contributed by atoms with Gasteiger partial charge < -0.3 is 10.1 Å². The molecule has 13 heavy (non-hydrogen) atoms. The molecule has 0 aromatic carbocycles. The second-order valence-corrected chi connectivity index (χ2v) is 4.72. The Morgan fingerprint density at radius 1 is 1.31 bits per heavy atom. The summed E-state index contributed by atoms with van der Waals surface area (Å²) in [4.78, 5) is 2.62. The van der Waals surface area contributed by atoms with Crippen LogP contribution in [-0.4, -0.2) is 49.3 Å². The Kier molecular flexibility index (Phi) is 1.86. The summed E-state index contributed by atoms with van der Waals surface area (Å²) in [6.45, 7) is 5.60. The van der Waals surface area contributed by atoms with Gasteiger partial charge in [0.15, 0.2) is 0 Å². The third kappa shape index (κ3) is 1.30. The Labute approximate surface area is 79.4 Å². The maximum absolute atomic E-state index is 5.25. The van der Waals surface area contributed by atoms with E-state index in [1.807, 2.05) is 0 Å². The highest BCUT2D eigenvalue weighted by Crippen LogP contribution is 2.34. The molecule has 2 aliphatic heterocycles. The molecule has 0 radical (unpaired) electrons. The Balaban J connectivity index is 1.63. The van der Waals surface area contributed by atoms with Gasteiger partial charge in [0, 0.05) is 25.2 Å². The predicted molar refractivity (Wildman–Crippen MR) is 50.8 cm³/mol. The van der Waals surface area contributed by atoms with Crippen molar-refractivity contribution < 1.29 is 4.74 Å². The van der Waals surface area contributed by atoms with Crippen LogP contribution in [0, 0.1) is 0 Å². The molecule has 2 saturated heterocycles. The van der Waals surface area contributed by atoms with Crippen molar-refractivity contribution in [1.29, 1.82) is 0 Å². The lowest BCUT2D eigenvalue weighted by atomic mass is 9.75. The van der Waals surface area contributed by atoms with Gasteiger partial charge >= 0.3 is 0 Å². The fourth-order valence-corrected chi connectivity index (χ4v) is 2.67. The molecule has 0 bridgehead atoms. The van der Waals surface area contributed by atoms with Gasteiger partial charge in [-0.2, -0.15) is 0 Å². The number of nitrogens with zero attached hydrogens (tertiary/aromatic N) is 1. The van der Waals surface area contributed by atoms with E-state index >= 15 is 0 Å². The fraction of sp³-hybridized carbons (Fsp3) is 1.00. The summed E-state index contributed by atoms with van der Waals surface area (Å²) in [6.07, 6.45) is 4.19. The van der Waals surface area contributed by atoms with Crippen molar-refractivity contribution in [2.75, 3.05) is 32.8 Å². The maximum atomic E-state index is 5.25. The average Bonchev–Trinajstić information content (AvgIpc) is 1.99. The highest BCUT2D eigenvalue weighted by molar-refractivity contribution is 5.02. The summed E-state index contributed by atoms with van der Waals surface area (Å²) in [5.41, 5.74) is 0.508. The summed E-state index contributed by atoms with van der Waals surface area (Å²) < 4.78 is 5.25. The minimum absolute atomic E-state index is 0.508. The molecule has 3 nitrogen and oxygen atoms in total. The molecule has 3 aliphatic rings. The number of piperazine rings is 1. The van der Waals surface area contributed by atoms with Crippen LogP contribution in [0.15, 0.2) is 0 Å². The van der Waals surface area contributed by atoms with Crippen LogP contribution in [0.4, 0.5) is 0 Å². The lowest BCUT2D eigenvalue weighted by molar-refractivity contribution is -0.0873. The molecule has 0 unspecified atom stereocenters. The van der Waals surface area contributed by atoms with E-state index in [4.69, 9.17) is 4.74 Å². The molecule has 1 aliphatic carbocycles. The highest BCUT2D eigenvalue weighted by atomic mass is 16.5. The first-order valence-electron chi connectivity index (χ1n) is 5.45. The molecular weight excluding hydrogens is 164 g/mol. The van der Waals surface area contributed by atoms with E-state index in [1.165, 1.54) is 38.9 Å². The fourth-order valence-electron chi connectivity index (χ4n) is 2.67. The number of nitrogens with one attached hydrogen (secondary N) is 1. The zero-order valence-electron chi connectivity index (χ0n) is 8.09. The topological polar surface area (TPSA) is 24.5 Å². The first kappa shape index (κ1) is 8.21. The Morgan fingerprint density at radius 2 is 2.15 bits per heavy atom. The summed E-state index contributed by atoms with van der Waals surface area (Å²) in [7, 11) is 0. The third-order valence-electron chi connectivity index (χ3n) is 3.85. The number of hydrogen-bond acceptors (Lipinski definition) is 3. The van der Waals surface area contributed by atoms with Crippen LogP contribution in [0.5, 0.6) is 0 Å². The van der Waals surface area contributed by atoms with Crippen molar-refractivity contribution >= 4 is 0 Å². The molecule has 0 amide bonds. The van der Waals surface area contributed by atoms with Crippen molar-refractivity contribution in [3.05, 3.63) is 0 Å². The predicted octanol–water partition coefficient (Wildman–Crippen LogP) is 0.213. The quantitative estimate of drug-likeness (QED) is 0.627. The average molecular weight is 182 g/mol. The second kappa shape index (κ2) is 2.94.